The average Bonchev–Trinajstić information content (AvgIpc) is 2.74. The number of halogens is 4. The van der Waals surface area contributed by atoms with Crippen LogP contribution in [0.25, 0.3) is 11.1 Å². The Morgan fingerprint density at radius 3 is 2.29 bits per heavy atom. The van der Waals surface area contributed by atoms with Gasteiger partial charge in [-0.2, -0.15) is 0 Å². The normalized spacial score (nSPS) is 13.1. The summed E-state index contributed by atoms with van der Waals surface area (Å²) in [5.41, 5.74) is -1.36. The van der Waals surface area contributed by atoms with Gasteiger partial charge in [0, 0.05) is 23.1 Å². The topological polar surface area (TPSA) is 91.8 Å². The Balaban J connectivity index is 2.78. The van der Waals surface area contributed by atoms with Gasteiger partial charge < -0.3 is 14.2 Å². The van der Waals surface area contributed by atoms with E-state index in [0.29, 0.717) is 6.07 Å². The Morgan fingerprint density at radius 1 is 1.09 bits per heavy atom. The first-order valence-electron chi connectivity index (χ1n) is 10.1. The van der Waals surface area contributed by atoms with E-state index in [9.17, 15) is 23.2 Å². The second-order valence-electron chi connectivity index (χ2n) is 7.84. The number of hydrogen-bond acceptors (Lipinski definition) is 7. The minimum Gasteiger partial charge on any atom is -0.469 e. The first kappa shape index (κ1) is 27.5. The van der Waals surface area contributed by atoms with E-state index in [2.05, 4.69) is 9.72 Å². The van der Waals surface area contributed by atoms with Gasteiger partial charge in [0.2, 0.25) is 0 Å². The molecule has 2 aromatic rings. The van der Waals surface area contributed by atoms with Crippen LogP contribution in [-0.4, -0.2) is 42.7 Å². The Morgan fingerprint density at radius 2 is 1.74 bits per heavy atom. The van der Waals surface area contributed by atoms with E-state index in [4.69, 9.17) is 32.7 Å². The SMILES string of the molecule is CCOC(=O)C(=O)OC(C)C(c1c(-c2ccc(F)cc2F)cc(Cl)nc1Cl)C(C)(C)C(=O)OC. The van der Waals surface area contributed by atoms with Crippen LogP contribution in [0.3, 0.4) is 0 Å². The lowest BCUT2D eigenvalue weighted by Crippen LogP contribution is -2.41. The van der Waals surface area contributed by atoms with Crippen LogP contribution in [0.5, 0.6) is 0 Å². The standard InChI is InChI=1S/C23H23Cl2F2NO6/c1-6-33-20(29)21(30)34-11(2)18(23(3,4)22(31)32-5)17-14(10-16(24)28-19(17)25)13-8-7-12(26)9-15(13)27/h7-11,18H,6H2,1-5H3. The Hall–Kier alpha value is -2.78. The van der Waals surface area contributed by atoms with Gasteiger partial charge in [-0.25, -0.2) is 23.4 Å². The van der Waals surface area contributed by atoms with Gasteiger partial charge in [0.1, 0.15) is 28.0 Å². The van der Waals surface area contributed by atoms with E-state index in [0.717, 1.165) is 6.07 Å². The lowest BCUT2D eigenvalue weighted by molar-refractivity contribution is -0.173. The van der Waals surface area contributed by atoms with Gasteiger partial charge in [0.05, 0.1) is 19.1 Å². The summed E-state index contributed by atoms with van der Waals surface area (Å²) in [6.45, 7) is 5.87. The summed E-state index contributed by atoms with van der Waals surface area (Å²) in [6.07, 6.45) is -1.19. The lowest BCUT2D eigenvalue weighted by atomic mass is 9.70. The summed E-state index contributed by atoms with van der Waals surface area (Å²) in [5.74, 6) is -6.09. The molecule has 0 aliphatic carbocycles. The molecule has 0 saturated heterocycles. The van der Waals surface area contributed by atoms with Crippen LogP contribution >= 0.6 is 23.2 Å². The highest BCUT2D eigenvalue weighted by atomic mass is 35.5. The van der Waals surface area contributed by atoms with E-state index in [1.54, 1.807) is 0 Å². The summed E-state index contributed by atoms with van der Waals surface area (Å²) in [5, 5.41) is -0.314. The molecule has 34 heavy (non-hydrogen) atoms. The number of methoxy groups -OCH3 is 1. The Labute approximate surface area is 205 Å². The van der Waals surface area contributed by atoms with E-state index in [-0.39, 0.29) is 33.6 Å². The number of hydrogen-bond donors (Lipinski definition) is 0. The van der Waals surface area contributed by atoms with Crippen molar-refractivity contribution in [2.24, 2.45) is 5.41 Å². The number of benzene rings is 1. The minimum atomic E-state index is -1.44. The maximum Gasteiger partial charge on any atom is 0.417 e. The van der Waals surface area contributed by atoms with E-state index < -0.39 is 47.0 Å². The minimum absolute atomic E-state index is 0.0552. The molecule has 0 bridgehead atoms. The fourth-order valence-electron chi connectivity index (χ4n) is 3.77. The quantitative estimate of drug-likeness (QED) is 0.218. The number of carbonyl (C=O) groups excluding carboxylic acids is 3. The van der Waals surface area contributed by atoms with E-state index in [1.807, 2.05) is 0 Å². The van der Waals surface area contributed by atoms with Crippen molar-refractivity contribution in [1.82, 2.24) is 4.98 Å². The number of aromatic nitrogens is 1. The van der Waals surface area contributed by atoms with Crippen LogP contribution < -0.4 is 0 Å². The molecular weight excluding hydrogens is 495 g/mol. The highest BCUT2D eigenvalue weighted by Crippen LogP contribution is 2.47. The fourth-order valence-corrected chi connectivity index (χ4v) is 4.32. The third-order valence-corrected chi connectivity index (χ3v) is 5.69. The van der Waals surface area contributed by atoms with Gasteiger partial charge in [-0.3, -0.25) is 4.79 Å². The Kier molecular flexibility index (Phi) is 8.96. The third-order valence-electron chi connectivity index (χ3n) is 5.21. The second-order valence-corrected chi connectivity index (χ2v) is 8.59. The predicted molar refractivity (Wildman–Crippen MR) is 120 cm³/mol. The fraction of sp³-hybridized carbons (Fsp3) is 0.391. The van der Waals surface area contributed by atoms with Crippen molar-refractivity contribution >= 4 is 41.1 Å². The molecule has 2 rings (SSSR count). The molecule has 0 amide bonds. The molecule has 0 spiro atoms. The number of rotatable bonds is 7. The van der Waals surface area contributed by atoms with Crippen LogP contribution in [0.4, 0.5) is 8.78 Å². The molecule has 1 aromatic carbocycles. The van der Waals surface area contributed by atoms with Gasteiger partial charge in [0.25, 0.3) is 0 Å². The van der Waals surface area contributed by atoms with Gasteiger partial charge >= 0.3 is 17.9 Å². The number of esters is 3. The van der Waals surface area contributed by atoms with Crippen LogP contribution in [0.15, 0.2) is 24.3 Å². The molecular formula is C23H23Cl2F2NO6. The van der Waals surface area contributed by atoms with Crippen LogP contribution in [0.2, 0.25) is 10.3 Å². The number of carbonyl (C=O) groups is 3. The zero-order valence-corrected chi connectivity index (χ0v) is 20.6. The average molecular weight is 518 g/mol. The molecule has 11 heteroatoms. The van der Waals surface area contributed by atoms with Gasteiger partial charge in [-0.1, -0.05) is 23.2 Å². The summed E-state index contributed by atoms with van der Waals surface area (Å²) in [7, 11) is 1.17. The van der Waals surface area contributed by atoms with E-state index in [1.165, 1.54) is 46.9 Å². The number of pyridine rings is 1. The van der Waals surface area contributed by atoms with Crippen molar-refractivity contribution < 1.29 is 37.4 Å². The monoisotopic (exact) mass is 517 g/mol. The molecule has 2 unspecified atom stereocenters. The first-order chi connectivity index (χ1) is 15.8. The molecule has 7 nitrogen and oxygen atoms in total. The molecule has 2 atom stereocenters. The summed E-state index contributed by atoms with van der Waals surface area (Å²) < 4.78 is 43.2. The Bertz CT molecular complexity index is 1110. The van der Waals surface area contributed by atoms with Crippen molar-refractivity contribution in [3.63, 3.8) is 0 Å². The maximum absolute atomic E-state index is 14.8. The molecule has 1 heterocycles. The van der Waals surface area contributed by atoms with Crippen LogP contribution in [-0.2, 0) is 28.6 Å². The summed E-state index contributed by atoms with van der Waals surface area (Å²) >= 11 is 12.5. The second kappa shape index (κ2) is 11.1. The highest BCUT2D eigenvalue weighted by molar-refractivity contribution is 6.33. The van der Waals surface area contributed by atoms with Crippen molar-refractivity contribution in [2.75, 3.05) is 13.7 Å². The molecule has 184 valence electrons. The van der Waals surface area contributed by atoms with Gasteiger partial charge in [-0.15, -0.1) is 0 Å². The molecule has 1 aromatic heterocycles. The van der Waals surface area contributed by atoms with Gasteiger partial charge in [-0.05, 0) is 51.5 Å². The van der Waals surface area contributed by atoms with Crippen LogP contribution in [0.1, 0.15) is 39.2 Å². The number of nitrogens with zero attached hydrogens (tertiary/aromatic N) is 1. The molecule has 0 aliphatic rings. The first-order valence-corrected chi connectivity index (χ1v) is 10.9. The predicted octanol–water partition coefficient (Wildman–Crippen LogP) is 5.11. The van der Waals surface area contributed by atoms with Crippen molar-refractivity contribution in [3.05, 3.63) is 51.8 Å². The lowest BCUT2D eigenvalue weighted by Gasteiger charge is -2.37. The third kappa shape index (κ3) is 5.82. The van der Waals surface area contributed by atoms with Gasteiger partial charge in [0.15, 0.2) is 0 Å². The zero-order valence-electron chi connectivity index (χ0n) is 19.1. The zero-order chi connectivity index (χ0) is 25.8. The van der Waals surface area contributed by atoms with E-state index >= 15 is 0 Å². The summed E-state index contributed by atoms with van der Waals surface area (Å²) in [6, 6.07) is 4.17. The molecule has 0 N–H and O–H groups in total. The van der Waals surface area contributed by atoms with Crippen molar-refractivity contribution in [1.29, 1.82) is 0 Å². The largest absolute Gasteiger partial charge is 0.469 e. The summed E-state index contributed by atoms with van der Waals surface area (Å²) in [4.78, 5) is 40.8. The number of ether oxygens (including phenoxy) is 3. The van der Waals surface area contributed by atoms with Crippen LogP contribution in [0, 0.1) is 17.0 Å². The smallest absolute Gasteiger partial charge is 0.417 e. The highest BCUT2D eigenvalue weighted by Gasteiger charge is 2.46. The molecule has 0 radical (unpaired) electrons. The molecule has 0 aliphatic heterocycles. The van der Waals surface area contributed by atoms with Crippen molar-refractivity contribution in [2.45, 2.75) is 39.7 Å². The van der Waals surface area contributed by atoms with Crippen molar-refractivity contribution in [3.8, 4) is 11.1 Å². The maximum atomic E-state index is 14.8. The molecule has 0 saturated carbocycles. The molecule has 0 fully saturated rings.